The number of hydrogen-bond acceptors (Lipinski definition) is 3. The number of halogens is 2. The molecule has 1 aromatic carbocycles. The molecule has 5 nitrogen and oxygen atoms in total. The minimum absolute atomic E-state index is 0.0644. The second kappa shape index (κ2) is 8.59. The predicted molar refractivity (Wildman–Crippen MR) is 75.7 cm³/mol. The van der Waals surface area contributed by atoms with Crippen molar-refractivity contribution < 1.29 is 23.8 Å². The molecule has 1 unspecified atom stereocenters. The molecular formula is C14H17ClFNO4. The van der Waals surface area contributed by atoms with Gasteiger partial charge in [0, 0.05) is 6.61 Å². The van der Waals surface area contributed by atoms with E-state index in [2.05, 4.69) is 5.32 Å². The summed E-state index contributed by atoms with van der Waals surface area (Å²) in [7, 11) is 0. The monoisotopic (exact) mass is 317 g/mol. The van der Waals surface area contributed by atoms with Gasteiger partial charge in [-0.25, -0.2) is 4.39 Å². The zero-order chi connectivity index (χ0) is 15.8. The highest BCUT2D eigenvalue weighted by molar-refractivity contribution is 6.30. The standard InChI is InChI=1S/C14H17ClFNO4/c1-2-5-21-8-13(18)17-12(7-14(19)20)9-3-4-10(15)11(16)6-9/h3-4,6,12H,2,5,7-8H2,1H3,(H,17,18)(H,19,20). The van der Waals surface area contributed by atoms with E-state index >= 15 is 0 Å². The lowest BCUT2D eigenvalue weighted by atomic mass is 10.0. The fourth-order valence-electron chi connectivity index (χ4n) is 1.70. The van der Waals surface area contributed by atoms with Crippen LogP contribution >= 0.6 is 11.6 Å². The maximum absolute atomic E-state index is 13.4. The molecule has 1 rings (SSSR count). The van der Waals surface area contributed by atoms with E-state index in [9.17, 15) is 14.0 Å². The number of aliphatic carboxylic acids is 1. The highest BCUT2D eigenvalue weighted by Gasteiger charge is 2.19. The molecule has 0 aromatic heterocycles. The van der Waals surface area contributed by atoms with Gasteiger partial charge in [0.25, 0.3) is 0 Å². The number of carboxylic acid groups (broad SMARTS) is 1. The number of carboxylic acids is 1. The number of ether oxygens (including phenoxy) is 1. The third-order valence-electron chi connectivity index (χ3n) is 2.64. The molecule has 0 aliphatic heterocycles. The van der Waals surface area contributed by atoms with E-state index in [0.29, 0.717) is 12.2 Å². The zero-order valence-electron chi connectivity index (χ0n) is 11.6. The van der Waals surface area contributed by atoms with Crippen molar-refractivity contribution in [2.24, 2.45) is 0 Å². The van der Waals surface area contributed by atoms with Gasteiger partial charge in [-0.05, 0) is 24.1 Å². The van der Waals surface area contributed by atoms with Crippen molar-refractivity contribution in [3.05, 3.63) is 34.6 Å². The molecule has 0 saturated heterocycles. The third-order valence-corrected chi connectivity index (χ3v) is 2.95. The normalized spacial score (nSPS) is 12.0. The molecule has 0 spiro atoms. The number of carbonyl (C=O) groups is 2. The zero-order valence-corrected chi connectivity index (χ0v) is 12.3. The first kappa shape index (κ1) is 17.4. The van der Waals surface area contributed by atoms with E-state index in [1.54, 1.807) is 0 Å². The number of amides is 1. The first-order valence-corrected chi connectivity index (χ1v) is 6.85. The van der Waals surface area contributed by atoms with Crippen LogP contribution in [0.4, 0.5) is 4.39 Å². The van der Waals surface area contributed by atoms with Gasteiger partial charge in [0.2, 0.25) is 5.91 Å². The van der Waals surface area contributed by atoms with Crippen LogP contribution in [0, 0.1) is 5.82 Å². The Bertz CT molecular complexity index is 510. The van der Waals surface area contributed by atoms with E-state index in [4.69, 9.17) is 21.4 Å². The molecule has 0 radical (unpaired) electrons. The Morgan fingerprint density at radius 3 is 2.76 bits per heavy atom. The first-order valence-electron chi connectivity index (χ1n) is 6.48. The quantitative estimate of drug-likeness (QED) is 0.722. The molecule has 0 aliphatic rings. The minimum atomic E-state index is -1.11. The molecule has 0 aliphatic carbocycles. The number of carbonyl (C=O) groups excluding carboxylic acids is 1. The fraction of sp³-hybridized carbons (Fsp3) is 0.429. The van der Waals surface area contributed by atoms with Gasteiger partial charge >= 0.3 is 5.97 Å². The minimum Gasteiger partial charge on any atom is -0.481 e. The molecule has 1 atom stereocenters. The topological polar surface area (TPSA) is 75.6 Å². The average Bonchev–Trinajstić information content (AvgIpc) is 2.41. The van der Waals surface area contributed by atoms with Crippen molar-refractivity contribution in [3.8, 4) is 0 Å². The molecule has 0 saturated carbocycles. The number of hydrogen-bond donors (Lipinski definition) is 2. The molecular weight excluding hydrogens is 301 g/mol. The largest absolute Gasteiger partial charge is 0.481 e. The summed E-state index contributed by atoms with van der Waals surface area (Å²) in [6, 6.07) is 3.07. The van der Waals surface area contributed by atoms with E-state index in [1.807, 2.05) is 6.92 Å². The Labute approximate surface area is 127 Å². The van der Waals surface area contributed by atoms with E-state index in [-0.39, 0.29) is 18.1 Å². The van der Waals surface area contributed by atoms with Crippen LogP contribution in [0.3, 0.4) is 0 Å². The molecule has 1 amide bonds. The number of rotatable bonds is 8. The molecule has 2 N–H and O–H groups in total. The summed E-state index contributed by atoms with van der Waals surface area (Å²) in [5.41, 5.74) is 0.336. The molecule has 21 heavy (non-hydrogen) atoms. The van der Waals surface area contributed by atoms with Gasteiger partial charge in [-0.2, -0.15) is 0 Å². The van der Waals surface area contributed by atoms with Crippen molar-refractivity contribution in [2.75, 3.05) is 13.2 Å². The lowest BCUT2D eigenvalue weighted by Gasteiger charge is -2.18. The Kier molecular flexibility index (Phi) is 7.11. The molecule has 7 heteroatoms. The highest BCUT2D eigenvalue weighted by atomic mass is 35.5. The Balaban J connectivity index is 2.77. The fourth-order valence-corrected chi connectivity index (χ4v) is 1.82. The van der Waals surface area contributed by atoms with Gasteiger partial charge in [0.15, 0.2) is 0 Å². The Morgan fingerprint density at radius 1 is 1.48 bits per heavy atom. The van der Waals surface area contributed by atoms with Crippen LogP contribution in [-0.4, -0.2) is 30.2 Å². The van der Waals surface area contributed by atoms with Crippen molar-refractivity contribution in [1.82, 2.24) is 5.32 Å². The summed E-state index contributed by atoms with van der Waals surface area (Å²) >= 11 is 5.58. The van der Waals surface area contributed by atoms with E-state index in [0.717, 1.165) is 12.5 Å². The predicted octanol–water partition coefficient (Wildman–Crippen LogP) is 2.54. The lowest BCUT2D eigenvalue weighted by molar-refractivity contribution is -0.138. The van der Waals surface area contributed by atoms with Gasteiger partial charge in [-0.3, -0.25) is 9.59 Å². The van der Waals surface area contributed by atoms with Crippen LogP contribution in [0.5, 0.6) is 0 Å². The van der Waals surface area contributed by atoms with Gasteiger partial charge in [0.1, 0.15) is 12.4 Å². The highest BCUT2D eigenvalue weighted by Crippen LogP contribution is 2.22. The Morgan fingerprint density at radius 2 is 2.19 bits per heavy atom. The second-order valence-electron chi connectivity index (χ2n) is 4.44. The molecule has 0 heterocycles. The van der Waals surface area contributed by atoms with Gasteiger partial charge < -0.3 is 15.2 Å². The average molecular weight is 318 g/mol. The lowest BCUT2D eigenvalue weighted by Crippen LogP contribution is -2.33. The maximum Gasteiger partial charge on any atom is 0.305 e. The van der Waals surface area contributed by atoms with E-state index < -0.39 is 23.7 Å². The Hall–Kier alpha value is -1.66. The van der Waals surface area contributed by atoms with Crippen LogP contribution in [0.15, 0.2) is 18.2 Å². The molecule has 0 fully saturated rings. The maximum atomic E-state index is 13.4. The van der Waals surface area contributed by atoms with Crippen molar-refractivity contribution >= 4 is 23.5 Å². The smallest absolute Gasteiger partial charge is 0.305 e. The molecule has 0 bridgehead atoms. The van der Waals surface area contributed by atoms with Crippen molar-refractivity contribution in [1.29, 1.82) is 0 Å². The SMILES string of the molecule is CCCOCC(=O)NC(CC(=O)O)c1ccc(Cl)c(F)c1. The first-order chi connectivity index (χ1) is 9.93. The van der Waals surface area contributed by atoms with Crippen LogP contribution in [0.2, 0.25) is 5.02 Å². The number of nitrogens with one attached hydrogen (secondary N) is 1. The summed E-state index contributed by atoms with van der Waals surface area (Å²) < 4.78 is 18.5. The summed E-state index contributed by atoms with van der Waals surface area (Å²) in [6.45, 7) is 2.17. The molecule has 1 aromatic rings. The second-order valence-corrected chi connectivity index (χ2v) is 4.85. The van der Waals surface area contributed by atoms with Crippen LogP contribution < -0.4 is 5.32 Å². The van der Waals surface area contributed by atoms with Gasteiger partial charge in [-0.15, -0.1) is 0 Å². The summed E-state index contributed by atoms with van der Waals surface area (Å²) in [5, 5.41) is 11.3. The van der Waals surface area contributed by atoms with Crippen molar-refractivity contribution in [3.63, 3.8) is 0 Å². The van der Waals surface area contributed by atoms with Crippen LogP contribution in [-0.2, 0) is 14.3 Å². The van der Waals surface area contributed by atoms with Gasteiger partial charge in [-0.1, -0.05) is 24.6 Å². The van der Waals surface area contributed by atoms with Crippen LogP contribution in [0.1, 0.15) is 31.4 Å². The van der Waals surface area contributed by atoms with Gasteiger partial charge in [0.05, 0.1) is 17.5 Å². The third kappa shape index (κ3) is 6.10. The summed E-state index contributed by atoms with van der Waals surface area (Å²) in [6.07, 6.45) is 0.412. The summed E-state index contributed by atoms with van der Waals surface area (Å²) in [4.78, 5) is 22.6. The van der Waals surface area contributed by atoms with Crippen LogP contribution in [0.25, 0.3) is 0 Å². The van der Waals surface area contributed by atoms with E-state index in [1.165, 1.54) is 12.1 Å². The summed E-state index contributed by atoms with van der Waals surface area (Å²) in [5.74, 6) is -2.23. The molecule has 116 valence electrons. The van der Waals surface area contributed by atoms with Crippen molar-refractivity contribution in [2.45, 2.75) is 25.8 Å². The number of benzene rings is 1.